The molecule has 1 unspecified atom stereocenters. The Morgan fingerprint density at radius 3 is 2.40 bits per heavy atom. The zero-order valence-corrected chi connectivity index (χ0v) is 16.4. The van der Waals surface area contributed by atoms with Crippen molar-refractivity contribution < 1.29 is 19.1 Å². The summed E-state index contributed by atoms with van der Waals surface area (Å²) < 4.78 is 10.7. The van der Waals surface area contributed by atoms with Crippen molar-refractivity contribution in [3.8, 4) is 11.5 Å². The molecule has 0 bridgehead atoms. The fourth-order valence-corrected chi connectivity index (χ4v) is 3.22. The summed E-state index contributed by atoms with van der Waals surface area (Å²) in [4.78, 5) is 25.7. The van der Waals surface area contributed by atoms with E-state index in [9.17, 15) is 9.59 Å². The number of ether oxygens (including phenoxy) is 2. The summed E-state index contributed by atoms with van der Waals surface area (Å²) in [5, 5.41) is 4.61. The minimum absolute atomic E-state index is 0.217. The lowest BCUT2D eigenvalue weighted by atomic mass is 10.0. The maximum Gasteiger partial charge on any atom is 0.276 e. The van der Waals surface area contributed by atoms with Gasteiger partial charge in [-0.3, -0.25) is 15.0 Å². The third-order valence-corrected chi connectivity index (χ3v) is 4.72. The van der Waals surface area contributed by atoms with Crippen molar-refractivity contribution in [3.05, 3.63) is 90.0 Å². The van der Waals surface area contributed by atoms with Crippen molar-refractivity contribution in [2.24, 2.45) is 0 Å². The van der Waals surface area contributed by atoms with E-state index in [4.69, 9.17) is 9.47 Å². The fourth-order valence-electron chi connectivity index (χ4n) is 3.22. The summed E-state index contributed by atoms with van der Waals surface area (Å²) >= 11 is 0. The lowest BCUT2D eigenvalue weighted by Crippen LogP contribution is -2.53. The van der Waals surface area contributed by atoms with Crippen molar-refractivity contribution in [3.63, 3.8) is 0 Å². The molecular formula is C23H21N3O4. The number of benzene rings is 3. The van der Waals surface area contributed by atoms with Crippen LogP contribution in [0.2, 0.25) is 0 Å². The number of rotatable bonds is 6. The van der Waals surface area contributed by atoms with E-state index in [1.54, 1.807) is 43.5 Å². The lowest BCUT2D eigenvalue weighted by molar-refractivity contribution is -0.127. The molecule has 0 aromatic heterocycles. The molecule has 7 heteroatoms. The van der Waals surface area contributed by atoms with E-state index >= 15 is 0 Å². The zero-order valence-electron chi connectivity index (χ0n) is 16.4. The van der Waals surface area contributed by atoms with Crippen molar-refractivity contribution in [1.29, 1.82) is 0 Å². The molecule has 1 aliphatic rings. The first-order valence-electron chi connectivity index (χ1n) is 9.46. The van der Waals surface area contributed by atoms with Crippen LogP contribution in [0.1, 0.15) is 22.1 Å². The molecule has 30 heavy (non-hydrogen) atoms. The van der Waals surface area contributed by atoms with Gasteiger partial charge in [-0.1, -0.05) is 42.5 Å². The Hall–Kier alpha value is -4.00. The fraction of sp³-hybridized carbons (Fsp3) is 0.130. The number of amides is 2. The van der Waals surface area contributed by atoms with Crippen LogP contribution in [0.3, 0.4) is 0 Å². The molecule has 0 fully saturated rings. The minimum atomic E-state index is -0.584. The van der Waals surface area contributed by atoms with Crippen LogP contribution in [-0.2, 0) is 4.79 Å². The van der Waals surface area contributed by atoms with Gasteiger partial charge in [-0.15, -0.1) is 0 Å². The van der Waals surface area contributed by atoms with Gasteiger partial charge in [-0.2, -0.15) is 0 Å². The molecule has 3 aromatic rings. The first-order valence-corrected chi connectivity index (χ1v) is 9.46. The highest BCUT2D eigenvalue weighted by Crippen LogP contribution is 2.32. The number of hydrogen-bond acceptors (Lipinski definition) is 5. The monoisotopic (exact) mass is 403 g/mol. The largest absolute Gasteiger partial charge is 0.497 e. The van der Waals surface area contributed by atoms with Gasteiger partial charge in [0, 0.05) is 5.69 Å². The van der Waals surface area contributed by atoms with E-state index in [0.29, 0.717) is 22.7 Å². The van der Waals surface area contributed by atoms with Gasteiger partial charge in [-0.25, -0.2) is 5.01 Å². The standard InChI is InChI=1S/C23H21N3O4/c1-29-17-13-11-16(12-14-17)22-24-20-10-6-5-9-19(20)23(28)26(22)25-21(27)15-30-18-7-3-2-4-8-18/h2-14,22,24H,15H2,1H3,(H,25,27). The van der Waals surface area contributed by atoms with E-state index in [-0.39, 0.29) is 12.5 Å². The van der Waals surface area contributed by atoms with E-state index in [1.807, 2.05) is 42.5 Å². The Morgan fingerprint density at radius 2 is 1.67 bits per heavy atom. The van der Waals surface area contributed by atoms with Gasteiger partial charge in [0.2, 0.25) is 0 Å². The van der Waals surface area contributed by atoms with E-state index < -0.39 is 12.1 Å². The van der Waals surface area contributed by atoms with Crippen LogP contribution in [-0.4, -0.2) is 30.5 Å². The van der Waals surface area contributed by atoms with Crippen molar-refractivity contribution in [1.82, 2.24) is 10.4 Å². The third-order valence-electron chi connectivity index (χ3n) is 4.72. The van der Waals surface area contributed by atoms with Crippen LogP contribution in [0.5, 0.6) is 11.5 Å². The summed E-state index contributed by atoms with van der Waals surface area (Å²) in [5.41, 5.74) is 4.66. The highest BCUT2D eigenvalue weighted by atomic mass is 16.5. The highest BCUT2D eigenvalue weighted by molar-refractivity contribution is 6.02. The average Bonchev–Trinajstić information content (AvgIpc) is 2.80. The first-order chi connectivity index (χ1) is 14.7. The predicted octanol–water partition coefficient (Wildman–Crippen LogP) is 3.37. The van der Waals surface area contributed by atoms with Gasteiger partial charge in [-0.05, 0) is 42.0 Å². The highest BCUT2D eigenvalue weighted by Gasteiger charge is 2.34. The minimum Gasteiger partial charge on any atom is -0.497 e. The molecule has 2 amide bonds. The molecular weight excluding hydrogens is 382 g/mol. The van der Waals surface area contributed by atoms with Crippen molar-refractivity contribution >= 4 is 17.5 Å². The van der Waals surface area contributed by atoms with Crippen LogP contribution in [0.25, 0.3) is 0 Å². The summed E-state index contributed by atoms with van der Waals surface area (Å²) in [5.74, 6) is 0.533. The van der Waals surface area contributed by atoms with Gasteiger partial charge in [0.15, 0.2) is 6.61 Å². The van der Waals surface area contributed by atoms with Crippen LogP contribution < -0.4 is 20.2 Å². The molecule has 1 atom stereocenters. The van der Waals surface area contributed by atoms with Gasteiger partial charge in [0.1, 0.15) is 17.7 Å². The molecule has 0 spiro atoms. The predicted molar refractivity (Wildman–Crippen MR) is 112 cm³/mol. The van der Waals surface area contributed by atoms with Gasteiger partial charge < -0.3 is 14.8 Å². The zero-order chi connectivity index (χ0) is 20.9. The third kappa shape index (κ3) is 4.05. The smallest absolute Gasteiger partial charge is 0.276 e. The Bertz CT molecular complexity index is 1040. The quantitative estimate of drug-likeness (QED) is 0.660. The van der Waals surface area contributed by atoms with Crippen LogP contribution in [0.4, 0.5) is 5.69 Å². The van der Waals surface area contributed by atoms with Crippen LogP contribution >= 0.6 is 0 Å². The normalized spacial score (nSPS) is 15.0. The van der Waals surface area contributed by atoms with E-state index in [1.165, 1.54) is 5.01 Å². The van der Waals surface area contributed by atoms with Crippen molar-refractivity contribution in [2.45, 2.75) is 6.17 Å². The van der Waals surface area contributed by atoms with Gasteiger partial charge in [0.05, 0.1) is 12.7 Å². The second kappa shape index (κ2) is 8.57. The van der Waals surface area contributed by atoms with E-state index in [0.717, 1.165) is 5.56 Å². The SMILES string of the molecule is COc1ccc(C2Nc3ccccc3C(=O)N2NC(=O)COc2ccccc2)cc1. The number of hydrazine groups is 1. The number of nitrogens with zero attached hydrogens (tertiary/aromatic N) is 1. The van der Waals surface area contributed by atoms with Crippen LogP contribution in [0, 0.1) is 0 Å². The number of para-hydroxylation sites is 2. The second-order valence-electron chi connectivity index (χ2n) is 6.68. The number of hydrogen-bond donors (Lipinski definition) is 2. The molecule has 1 aliphatic heterocycles. The summed E-state index contributed by atoms with van der Waals surface area (Å²) in [6, 6.07) is 23.5. The molecule has 2 N–H and O–H groups in total. The molecule has 0 radical (unpaired) electrons. The molecule has 3 aromatic carbocycles. The summed E-state index contributed by atoms with van der Waals surface area (Å²) in [7, 11) is 1.59. The van der Waals surface area contributed by atoms with Crippen LogP contribution in [0.15, 0.2) is 78.9 Å². The van der Waals surface area contributed by atoms with Gasteiger partial charge >= 0.3 is 0 Å². The summed E-state index contributed by atoms with van der Waals surface area (Å²) in [6.07, 6.45) is -0.584. The molecule has 4 rings (SSSR count). The molecule has 0 saturated heterocycles. The topological polar surface area (TPSA) is 79.9 Å². The maximum atomic E-state index is 13.1. The number of fused-ring (bicyclic) bond motifs is 1. The number of anilines is 1. The Kier molecular flexibility index (Phi) is 5.52. The van der Waals surface area contributed by atoms with Crippen molar-refractivity contribution in [2.75, 3.05) is 19.0 Å². The Balaban J connectivity index is 1.56. The van der Waals surface area contributed by atoms with Gasteiger partial charge in [0.25, 0.3) is 11.8 Å². The molecule has 152 valence electrons. The number of carbonyl (C=O) groups excluding carboxylic acids is 2. The molecule has 0 aliphatic carbocycles. The Morgan fingerprint density at radius 1 is 0.967 bits per heavy atom. The lowest BCUT2D eigenvalue weighted by Gasteiger charge is -2.37. The second-order valence-corrected chi connectivity index (χ2v) is 6.68. The number of nitrogens with one attached hydrogen (secondary N) is 2. The molecule has 1 heterocycles. The summed E-state index contributed by atoms with van der Waals surface area (Å²) in [6.45, 7) is -0.217. The number of carbonyl (C=O) groups is 2. The Labute approximate surface area is 174 Å². The number of methoxy groups -OCH3 is 1. The average molecular weight is 403 g/mol. The van der Waals surface area contributed by atoms with E-state index in [2.05, 4.69) is 10.7 Å². The maximum absolute atomic E-state index is 13.1. The molecule has 0 saturated carbocycles. The first kappa shape index (κ1) is 19.3. The molecule has 7 nitrogen and oxygen atoms in total.